The van der Waals surface area contributed by atoms with Gasteiger partial charge in [-0.25, -0.2) is 30.2 Å². The molecule has 0 aliphatic carbocycles. The molecule has 0 spiro atoms. The number of nitrogen functional groups attached to an aromatic ring is 2. The third-order valence-electron chi connectivity index (χ3n) is 10.4. The predicted molar refractivity (Wildman–Crippen MR) is 269 cm³/mol. The van der Waals surface area contributed by atoms with E-state index in [-0.39, 0.29) is 63.7 Å². The van der Waals surface area contributed by atoms with E-state index in [0.717, 1.165) is 22.8 Å². The van der Waals surface area contributed by atoms with E-state index in [2.05, 4.69) is 24.9 Å². The first-order valence-corrected chi connectivity index (χ1v) is 25.8. The normalized spacial score (nSPS) is 11.7. The molecule has 6 heterocycles. The van der Waals surface area contributed by atoms with Gasteiger partial charge in [-0.3, -0.25) is 35.2 Å². The number of anilines is 2. The average molecular weight is 1070 g/mol. The minimum Gasteiger partial charge on any atom is -0.426 e. The fraction of sp³-hybridized carbons (Fsp3) is 0.0851. The molecule has 1 atom stereocenters. The van der Waals surface area contributed by atoms with Crippen molar-refractivity contribution < 1.29 is 40.3 Å². The Morgan fingerprint density at radius 1 is 0.630 bits per heavy atom. The van der Waals surface area contributed by atoms with E-state index in [4.69, 9.17) is 23.1 Å². The second-order valence-corrected chi connectivity index (χ2v) is 21.6. The van der Waals surface area contributed by atoms with E-state index < -0.39 is 50.3 Å². The SMILES string of the molecule is Cc1ccc(S(=O)(=O)C(C#N)c2ncccc2[N+](=O)[O-])cc1.Cc1ccc(S(=O)(=O)c2c(N)[nH]c3cccnc23)cc1.Cc1ccc(S(=O)(=O)c2c(N)n(O)c3cccnc23)cc1.O=[N+]([O-])c1cccnc1Cl. The lowest BCUT2D eigenvalue weighted by Crippen LogP contribution is -2.15. The summed E-state index contributed by atoms with van der Waals surface area (Å²) in [7, 11) is -11.7. The van der Waals surface area contributed by atoms with Crippen molar-refractivity contribution in [2.45, 2.75) is 50.5 Å². The number of benzene rings is 3. The lowest BCUT2D eigenvalue weighted by molar-refractivity contribution is -0.385. The molecule has 9 aromatic rings. The number of aryl methyl sites for hydroxylation is 3. The quantitative estimate of drug-likeness (QED) is 0.0457. The Hall–Kier alpha value is -8.83. The third kappa shape index (κ3) is 11.5. The van der Waals surface area contributed by atoms with Crippen molar-refractivity contribution in [3.05, 3.63) is 194 Å². The van der Waals surface area contributed by atoms with E-state index in [9.17, 15) is 56.0 Å². The summed E-state index contributed by atoms with van der Waals surface area (Å²) >= 11 is 5.37. The number of nitro groups is 2. The molecule has 0 saturated heterocycles. The number of nitrogens with two attached hydrogens (primary N) is 2. The lowest BCUT2D eigenvalue weighted by atomic mass is 10.2. The van der Waals surface area contributed by atoms with Crippen LogP contribution in [0.15, 0.2) is 171 Å². The van der Waals surface area contributed by atoms with Crippen LogP contribution in [0, 0.1) is 52.3 Å². The summed E-state index contributed by atoms with van der Waals surface area (Å²) in [4.78, 5) is 38.2. The molecule has 6 aromatic heterocycles. The minimum absolute atomic E-state index is 0.0388. The van der Waals surface area contributed by atoms with Crippen LogP contribution in [0.5, 0.6) is 0 Å². The summed E-state index contributed by atoms with van der Waals surface area (Å²) in [6.07, 6.45) is 5.62. The van der Waals surface area contributed by atoms with Crippen LogP contribution in [-0.2, 0) is 29.5 Å². The van der Waals surface area contributed by atoms with E-state index in [1.54, 1.807) is 92.0 Å². The molecule has 0 radical (unpaired) electrons. The van der Waals surface area contributed by atoms with Gasteiger partial charge in [-0.1, -0.05) is 64.7 Å². The summed E-state index contributed by atoms with van der Waals surface area (Å²) in [5, 5.41) is 38.5. The smallest absolute Gasteiger partial charge is 0.306 e. The van der Waals surface area contributed by atoms with Crippen LogP contribution >= 0.6 is 11.6 Å². The molecule has 0 aliphatic rings. The molecule has 26 heteroatoms. The first-order chi connectivity index (χ1) is 34.5. The molecule has 6 N–H and O–H groups in total. The number of sulfone groups is 3. The van der Waals surface area contributed by atoms with Crippen molar-refractivity contribution in [2.24, 2.45) is 0 Å². The van der Waals surface area contributed by atoms with Gasteiger partial charge in [-0.2, -0.15) is 9.99 Å². The zero-order chi connectivity index (χ0) is 53.4. The van der Waals surface area contributed by atoms with Crippen LogP contribution in [0.4, 0.5) is 23.0 Å². The lowest BCUT2D eigenvalue weighted by Gasteiger charge is -2.10. The third-order valence-corrected chi connectivity index (χ3v) is 16.2. The molecule has 0 amide bonds. The molecule has 0 aliphatic heterocycles. The highest BCUT2D eigenvalue weighted by Gasteiger charge is 2.36. The Morgan fingerprint density at radius 2 is 1.07 bits per heavy atom. The van der Waals surface area contributed by atoms with Crippen molar-refractivity contribution in [3.63, 3.8) is 0 Å². The number of fused-ring (bicyclic) bond motifs is 2. The molecule has 22 nitrogen and oxygen atoms in total. The monoisotopic (exact) mass is 1070 g/mol. The number of rotatable bonds is 9. The van der Waals surface area contributed by atoms with E-state index >= 15 is 0 Å². The van der Waals surface area contributed by atoms with E-state index in [0.29, 0.717) is 15.8 Å². The number of nitrogens with zero attached hydrogens (tertiary/aromatic N) is 8. The van der Waals surface area contributed by atoms with Gasteiger partial charge < -0.3 is 21.7 Å². The molecular weight excluding hydrogens is 1030 g/mol. The predicted octanol–water partition coefficient (Wildman–Crippen LogP) is 8.26. The van der Waals surface area contributed by atoms with Gasteiger partial charge in [-0.15, -0.1) is 0 Å². The first-order valence-electron chi connectivity index (χ1n) is 20.9. The zero-order valence-electron chi connectivity index (χ0n) is 38.3. The summed E-state index contributed by atoms with van der Waals surface area (Å²) in [5.41, 5.74) is 14.7. The van der Waals surface area contributed by atoms with Crippen LogP contribution in [0.25, 0.3) is 22.1 Å². The average Bonchev–Trinajstić information content (AvgIpc) is 3.84. The maximum Gasteiger partial charge on any atom is 0.306 e. The van der Waals surface area contributed by atoms with Crippen LogP contribution in [0.3, 0.4) is 0 Å². The molecule has 73 heavy (non-hydrogen) atoms. The van der Waals surface area contributed by atoms with Gasteiger partial charge in [0.05, 0.1) is 36.1 Å². The van der Waals surface area contributed by atoms with Gasteiger partial charge in [0.15, 0.2) is 11.5 Å². The number of hydrogen-bond acceptors (Lipinski definition) is 18. The first kappa shape index (κ1) is 53.5. The van der Waals surface area contributed by atoms with Gasteiger partial charge in [-0.05, 0) is 93.6 Å². The molecule has 0 fully saturated rings. The number of halogens is 1. The summed E-state index contributed by atoms with van der Waals surface area (Å²) < 4.78 is 76.7. The summed E-state index contributed by atoms with van der Waals surface area (Å²) in [6.45, 7) is 5.56. The topological polar surface area (TPSA) is 357 Å². The largest absolute Gasteiger partial charge is 0.426 e. The van der Waals surface area contributed by atoms with Crippen molar-refractivity contribution in [1.29, 1.82) is 5.26 Å². The molecule has 1 unspecified atom stereocenters. The number of aromatic amines is 1. The molecule has 9 rings (SSSR count). The maximum absolute atomic E-state index is 12.7. The van der Waals surface area contributed by atoms with Crippen LogP contribution in [-0.4, -0.2) is 70.0 Å². The molecule has 0 bridgehead atoms. The molecular formula is C47H40ClN11O11S3. The van der Waals surface area contributed by atoms with Gasteiger partial charge in [0.2, 0.25) is 39.9 Å². The highest BCUT2D eigenvalue weighted by atomic mass is 35.5. The Bertz CT molecular complexity index is 3910. The fourth-order valence-electron chi connectivity index (χ4n) is 6.73. The Morgan fingerprint density at radius 3 is 1.56 bits per heavy atom. The second kappa shape index (κ2) is 22.1. The Labute approximate surface area is 421 Å². The Balaban J connectivity index is 0.000000163. The Kier molecular flexibility index (Phi) is 16.2. The van der Waals surface area contributed by atoms with Crippen LogP contribution in [0.1, 0.15) is 27.6 Å². The maximum atomic E-state index is 12.7. The van der Waals surface area contributed by atoms with Crippen molar-refractivity contribution in [1.82, 2.24) is 29.7 Å². The zero-order valence-corrected chi connectivity index (χ0v) is 41.5. The summed E-state index contributed by atoms with van der Waals surface area (Å²) in [5.74, 6) is -0.136. The number of nitrogens with one attached hydrogen (secondary N) is 1. The fourth-order valence-corrected chi connectivity index (χ4v) is 11.3. The number of H-pyrrole nitrogens is 1. The molecule has 3 aromatic carbocycles. The van der Waals surface area contributed by atoms with Crippen molar-refractivity contribution >= 4 is 86.2 Å². The molecule has 0 saturated carbocycles. The number of nitriles is 1. The van der Waals surface area contributed by atoms with Crippen molar-refractivity contribution in [3.8, 4) is 6.07 Å². The van der Waals surface area contributed by atoms with Crippen molar-refractivity contribution in [2.75, 3.05) is 11.5 Å². The van der Waals surface area contributed by atoms with E-state index in [1.165, 1.54) is 61.1 Å². The van der Waals surface area contributed by atoms with Gasteiger partial charge in [0, 0.05) is 36.9 Å². The van der Waals surface area contributed by atoms with Gasteiger partial charge >= 0.3 is 5.69 Å². The molecule has 374 valence electrons. The van der Waals surface area contributed by atoms with Crippen LogP contribution < -0.4 is 11.5 Å². The van der Waals surface area contributed by atoms with E-state index in [1.807, 2.05) is 13.8 Å². The standard InChI is InChI=1S/C14H11N3O4S.C14H13N3O3S.C14H13N3O2S.C5H3ClN2O2/c1-10-4-6-11(7-5-10)22(20,21)13(9-15)14-12(17(18)19)3-2-8-16-14;1-9-4-6-10(7-5-9)21(19,20)13-12-11(3-2-8-16-12)17(18)14(13)15;1-9-4-6-10(7-5-9)20(18,19)13-12-11(17-14(13)15)3-2-8-16-12;6-5-4(8(9)10)2-1-3-7-5/h2-8,13H,1H3;2-8,18H,15H2,1H3;2-8,17H,15H2,1H3;1-3H. The number of hydrogen-bond donors (Lipinski definition) is 4. The summed E-state index contributed by atoms with van der Waals surface area (Å²) in [6, 6.07) is 32.4. The van der Waals surface area contributed by atoms with Gasteiger partial charge in [0.25, 0.3) is 5.69 Å². The number of pyridine rings is 4. The van der Waals surface area contributed by atoms with Crippen LogP contribution in [0.2, 0.25) is 5.15 Å². The number of aromatic nitrogens is 6. The minimum atomic E-state index is -4.11. The van der Waals surface area contributed by atoms with Gasteiger partial charge in [0.1, 0.15) is 32.2 Å². The highest BCUT2D eigenvalue weighted by molar-refractivity contribution is 7.92. The highest BCUT2D eigenvalue weighted by Crippen LogP contribution is 2.35. The second-order valence-electron chi connectivity index (χ2n) is 15.4.